The first-order valence-electron chi connectivity index (χ1n) is 7.58. The lowest BCUT2D eigenvalue weighted by Gasteiger charge is -2.26. The number of carbonyl (C=O) groups is 1. The molecule has 122 valence electrons. The second-order valence-corrected chi connectivity index (χ2v) is 7.16. The molecule has 0 saturated heterocycles. The first kappa shape index (κ1) is 16.3. The van der Waals surface area contributed by atoms with Crippen LogP contribution in [0.2, 0.25) is 5.02 Å². The number of amides is 1. The van der Waals surface area contributed by atoms with E-state index in [4.69, 9.17) is 16.0 Å². The smallest absolute Gasteiger partial charge is 0.277 e. The van der Waals surface area contributed by atoms with Crippen LogP contribution in [0, 0.1) is 0 Å². The van der Waals surface area contributed by atoms with E-state index in [0.717, 1.165) is 18.4 Å². The highest BCUT2D eigenvalue weighted by atomic mass is 35.5. The van der Waals surface area contributed by atoms with Gasteiger partial charge < -0.3 is 9.32 Å². The Morgan fingerprint density at radius 1 is 1.35 bits per heavy atom. The van der Waals surface area contributed by atoms with Crippen molar-refractivity contribution in [2.24, 2.45) is 0 Å². The maximum Gasteiger partial charge on any atom is 0.277 e. The van der Waals surface area contributed by atoms with Gasteiger partial charge in [-0.25, -0.2) is 0 Å². The van der Waals surface area contributed by atoms with Crippen molar-refractivity contribution in [1.82, 2.24) is 15.1 Å². The van der Waals surface area contributed by atoms with E-state index in [1.807, 2.05) is 30.9 Å². The van der Waals surface area contributed by atoms with E-state index in [1.165, 1.54) is 11.8 Å². The van der Waals surface area contributed by atoms with Crippen molar-refractivity contribution < 1.29 is 9.21 Å². The highest BCUT2D eigenvalue weighted by molar-refractivity contribution is 7.99. The molecule has 1 saturated carbocycles. The van der Waals surface area contributed by atoms with Gasteiger partial charge in [-0.05, 0) is 51.0 Å². The van der Waals surface area contributed by atoms with Gasteiger partial charge in [0.15, 0.2) is 0 Å². The van der Waals surface area contributed by atoms with Gasteiger partial charge in [-0.1, -0.05) is 23.4 Å². The van der Waals surface area contributed by atoms with Gasteiger partial charge in [-0.15, -0.1) is 10.2 Å². The molecule has 5 nitrogen and oxygen atoms in total. The molecule has 1 fully saturated rings. The normalized spacial score (nSPS) is 14.3. The molecule has 1 aromatic carbocycles. The molecule has 0 spiro atoms. The van der Waals surface area contributed by atoms with Crippen molar-refractivity contribution >= 4 is 29.3 Å². The summed E-state index contributed by atoms with van der Waals surface area (Å²) in [5, 5.41) is 9.07. The zero-order valence-corrected chi connectivity index (χ0v) is 14.6. The van der Waals surface area contributed by atoms with E-state index < -0.39 is 0 Å². The summed E-state index contributed by atoms with van der Waals surface area (Å²) in [7, 11) is 0. The van der Waals surface area contributed by atoms with E-state index in [9.17, 15) is 4.79 Å². The molecule has 23 heavy (non-hydrogen) atoms. The number of hydrogen-bond donors (Lipinski definition) is 0. The molecule has 1 aromatic heterocycles. The zero-order chi connectivity index (χ0) is 16.4. The standard InChI is InChI=1S/C16H18ClN3O2S/c1-10(2)20(13-7-8-13)14(21)9-23-16-19-18-15(22-16)11-3-5-12(17)6-4-11/h3-6,10,13H,7-9H2,1-2H3. The number of nitrogens with zero attached hydrogens (tertiary/aromatic N) is 3. The molecule has 1 heterocycles. The fourth-order valence-electron chi connectivity index (χ4n) is 2.44. The van der Waals surface area contributed by atoms with Gasteiger partial charge in [0.2, 0.25) is 11.8 Å². The summed E-state index contributed by atoms with van der Waals surface area (Å²) < 4.78 is 5.60. The number of thioether (sulfide) groups is 1. The summed E-state index contributed by atoms with van der Waals surface area (Å²) in [5.41, 5.74) is 0.807. The van der Waals surface area contributed by atoms with Crippen LogP contribution in [0.1, 0.15) is 26.7 Å². The zero-order valence-electron chi connectivity index (χ0n) is 13.0. The topological polar surface area (TPSA) is 59.2 Å². The Kier molecular flexibility index (Phi) is 4.92. The predicted octanol–water partition coefficient (Wildman–Crippen LogP) is 3.88. The summed E-state index contributed by atoms with van der Waals surface area (Å²) >= 11 is 7.14. The Bertz CT molecular complexity index is 681. The van der Waals surface area contributed by atoms with Crippen LogP contribution in [0.5, 0.6) is 0 Å². The van der Waals surface area contributed by atoms with Crippen molar-refractivity contribution in [3.63, 3.8) is 0 Å². The Morgan fingerprint density at radius 2 is 2.04 bits per heavy atom. The molecule has 0 bridgehead atoms. The van der Waals surface area contributed by atoms with Crippen molar-refractivity contribution in [3.8, 4) is 11.5 Å². The third-order valence-corrected chi connectivity index (χ3v) is 4.66. The number of halogens is 1. The minimum atomic E-state index is 0.124. The van der Waals surface area contributed by atoms with Gasteiger partial charge in [0.1, 0.15) is 0 Å². The van der Waals surface area contributed by atoms with Crippen LogP contribution in [-0.2, 0) is 4.79 Å². The minimum Gasteiger partial charge on any atom is -0.411 e. The second kappa shape index (κ2) is 6.93. The summed E-state index contributed by atoms with van der Waals surface area (Å²) in [4.78, 5) is 14.3. The lowest BCUT2D eigenvalue weighted by Crippen LogP contribution is -2.39. The molecular formula is C16H18ClN3O2S. The van der Waals surface area contributed by atoms with Crippen molar-refractivity contribution in [2.45, 2.75) is 44.0 Å². The lowest BCUT2D eigenvalue weighted by atomic mass is 10.2. The quantitative estimate of drug-likeness (QED) is 0.739. The van der Waals surface area contributed by atoms with Crippen LogP contribution in [0.15, 0.2) is 33.9 Å². The Balaban J connectivity index is 1.60. The largest absolute Gasteiger partial charge is 0.411 e. The number of aromatic nitrogens is 2. The molecule has 0 unspecified atom stereocenters. The predicted molar refractivity (Wildman–Crippen MR) is 90.5 cm³/mol. The lowest BCUT2D eigenvalue weighted by molar-refractivity contribution is -0.130. The van der Waals surface area contributed by atoms with Crippen molar-refractivity contribution in [1.29, 1.82) is 0 Å². The number of carbonyl (C=O) groups excluding carboxylic acids is 1. The van der Waals surface area contributed by atoms with Gasteiger partial charge in [0.05, 0.1) is 5.75 Å². The molecule has 0 aliphatic heterocycles. The Labute approximate surface area is 144 Å². The van der Waals surface area contributed by atoms with E-state index in [1.54, 1.807) is 12.1 Å². The minimum absolute atomic E-state index is 0.124. The van der Waals surface area contributed by atoms with Crippen LogP contribution in [-0.4, -0.2) is 38.8 Å². The van der Waals surface area contributed by atoms with E-state index >= 15 is 0 Å². The van der Waals surface area contributed by atoms with Gasteiger partial charge in [0.25, 0.3) is 5.22 Å². The highest BCUT2D eigenvalue weighted by Crippen LogP contribution is 2.30. The number of rotatable bonds is 6. The maximum absolute atomic E-state index is 12.4. The van der Waals surface area contributed by atoms with Gasteiger partial charge in [0, 0.05) is 22.7 Å². The average molecular weight is 352 g/mol. The SMILES string of the molecule is CC(C)N(C(=O)CSc1nnc(-c2ccc(Cl)cc2)o1)C1CC1. The van der Waals surface area contributed by atoms with Gasteiger partial charge in [-0.2, -0.15) is 0 Å². The van der Waals surface area contributed by atoms with E-state index in [0.29, 0.717) is 27.9 Å². The van der Waals surface area contributed by atoms with Crippen LogP contribution in [0.25, 0.3) is 11.5 Å². The summed E-state index contributed by atoms with van der Waals surface area (Å²) in [6, 6.07) is 7.83. The molecule has 7 heteroatoms. The van der Waals surface area contributed by atoms with E-state index in [-0.39, 0.29) is 11.9 Å². The average Bonchev–Trinajstić information content (AvgIpc) is 3.22. The van der Waals surface area contributed by atoms with Gasteiger partial charge in [-0.3, -0.25) is 4.79 Å². The molecule has 1 aliphatic carbocycles. The van der Waals surface area contributed by atoms with Crippen LogP contribution >= 0.6 is 23.4 Å². The molecule has 0 N–H and O–H groups in total. The molecule has 0 atom stereocenters. The summed E-state index contributed by atoms with van der Waals surface area (Å²) in [6.07, 6.45) is 2.21. The fraction of sp³-hybridized carbons (Fsp3) is 0.438. The highest BCUT2D eigenvalue weighted by Gasteiger charge is 2.34. The number of benzene rings is 1. The molecule has 1 amide bonds. The second-order valence-electron chi connectivity index (χ2n) is 5.79. The fourth-order valence-corrected chi connectivity index (χ4v) is 3.20. The van der Waals surface area contributed by atoms with Crippen molar-refractivity contribution in [3.05, 3.63) is 29.3 Å². The summed E-state index contributed by atoms with van der Waals surface area (Å²) in [5.74, 6) is 0.870. The third kappa shape index (κ3) is 4.06. The van der Waals surface area contributed by atoms with Crippen LogP contribution in [0.4, 0.5) is 0 Å². The number of hydrogen-bond acceptors (Lipinski definition) is 5. The van der Waals surface area contributed by atoms with Crippen molar-refractivity contribution in [2.75, 3.05) is 5.75 Å². The van der Waals surface area contributed by atoms with E-state index in [2.05, 4.69) is 10.2 Å². The maximum atomic E-state index is 12.4. The molecule has 3 rings (SSSR count). The van der Waals surface area contributed by atoms with Crippen LogP contribution < -0.4 is 0 Å². The third-order valence-electron chi connectivity index (χ3n) is 3.60. The summed E-state index contributed by atoms with van der Waals surface area (Å²) in [6.45, 7) is 4.10. The molecule has 1 aliphatic rings. The Morgan fingerprint density at radius 3 is 2.65 bits per heavy atom. The molecule has 2 aromatic rings. The first-order chi connectivity index (χ1) is 11.0. The first-order valence-corrected chi connectivity index (χ1v) is 8.94. The Hall–Kier alpha value is -1.53. The molecule has 0 radical (unpaired) electrons. The van der Waals surface area contributed by atoms with Crippen LogP contribution in [0.3, 0.4) is 0 Å². The monoisotopic (exact) mass is 351 g/mol. The van der Waals surface area contributed by atoms with Gasteiger partial charge >= 0.3 is 0 Å². The molecular weight excluding hydrogens is 334 g/mol.